The number of amides is 2. The minimum Gasteiger partial charge on any atom is -0.457 e. The van der Waals surface area contributed by atoms with Crippen molar-refractivity contribution in [3.8, 4) is 22.6 Å². The molecule has 0 radical (unpaired) electrons. The van der Waals surface area contributed by atoms with E-state index in [0.717, 1.165) is 12.1 Å². The molecule has 244 valence electrons. The van der Waals surface area contributed by atoms with E-state index in [1.807, 2.05) is 23.5 Å². The monoisotopic (exact) mass is 649 g/mol. The molecule has 2 aliphatic rings. The second-order valence-electron chi connectivity index (χ2n) is 11.9. The fourth-order valence-corrected chi connectivity index (χ4v) is 6.52. The first-order valence-electron chi connectivity index (χ1n) is 15.3. The molecule has 0 unspecified atom stereocenters. The standard InChI is InChI=1S/C36H32F5N3O3/c37-23-12-14-30-28(18-23)29-19-24(38)13-15-31(29)35(30,34(46)42-22-36(39,40)41)16-6-7-17-44-20-25(21-44)43-33(45)27-10-4-5-11-32(27)47-26-8-2-1-3-9-26/h1-5,8-15,18-19,25H,6-7,16-17,20-22H2,(H,42,46)(H,43,45). The Labute approximate surface area is 268 Å². The Bertz CT molecular complexity index is 1720. The van der Waals surface area contributed by atoms with E-state index in [1.54, 1.807) is 36.4 Å². The molecule has 1 heterocycles. The van der Waals surface area contributed by atoms with Gasteiger partial charge < -0.3 is 15.4 Å². The number of unbranched alkanes of at least 4 members (excludes halogenated alkanes) is 1. The first-order valence-corrected chi connectivity index (χ1v) is 15.3. The van der Waals surface area contributed by atoms with Gasteiger partial charge in [0.1, 0.15) is 35.1 Å². The van der Waals surface area contributed by atoms with Gasteiger partial charge in [0.05, 0.1) is 11.6 Å². The minimum absolute atomic E-state index is 0.0786. The number of likely N-dealkylation sites (tertiary alicyclic amines) is 1. The molecule has 6 rings (SSSR count). The average Bonchev–Trinajstić information content (AvgIpc) is 3.29. The van der Waals surface area contributed by atoms with Crippen LogP contribution < -0.4 is 15.4 Å². The third-order valence-electron chi connectivity index (χ3n) is 8.68. The number of nitrogens with zero attached hydrogens (tertiary/aromatic N) is 1. The number of rotatable bonds is 11. The SMILES string of the molecule is O=C(NC1CN(CCCCC2(C(=O)NCC(F)(F)F)c3ccc(F)cc3-c3cc(F)ccc32)C1)c1ccccc1Oc1ccccc1. The number of para-hydroxylation sites is 2. The number of halogens is 5. The maximum absolute atomic E-state index is 14.3. The van der Waals surface area contributed by atoms with Crippen molar-refractivity contribution in [2.45, 2.75) is 36.9 Å². The maximum atomic E-state index is 14.3. The van der Waals surface area contributed by atoms with Gasteiger partial charge in [-0.15, -0.1) is 0 Å². The topological polar surface area (TPSA) is 70.7 Å². The lowest BCUT2D eigenvalue weighted by Crippen LogP contribution is -2.59. The third-order valence-corrected chi connectivity index (χ3v) is 8.68. The number of carbonyl (C=O) groups excluding carboxylic acids is 2. The summed E-state index contributed by atoms with van der Waals surface area (Å²) in [5.74, 6) is -1.25. The molecule has 1 aliphatic carbocycles. The number of benzene rings is 4. The van der Waals surface area contributed by atoms with Crippen LogP contribution in [-0.2, 0) is 10.2 Å². The highest BCUT2D eigenvalue weighted by atomic mass is 19.4. The maximum Gasteiger partial charge on any atom is 0.405 e. The lowest BCUT2D eigenvalue weighted by atomic mass is 9.73. The van der Waals surface area contributed by atoms with E-state index >= 15 is 0 Å². The summed E-state index contributed by atoms with van der Waals surface area (Å²) in [5.41, 5.74) is 0.154. The number of hydrogen-bond acceptors (Lipinski definition) is 4. The molecule has 0 aromatic heterocycles. The van der Waals surface area contributed by atoms with E-state index < -0.39 is 35.7 Å². The Balaban J connectivity index is 1.08. The largest absolute Gasteiger partial charge is 0.457 e. The molecule has 4 aromatic carbocycles. The summed E-state index contributed by atoms with van der Waals surface area (Å²) in [6, 6.07) is 23.6. The molecule has 11 heteroatoms. The second-order valence-corrected chi connectivity index (χ2v) is 11.9. The number of alkyl halides is 3. The van der Waals surface area contributed by atoms with Crippen LogP contribution in [0.25, 0.3) is 11.1 Å². The van der Waals surface area contributed by atoms with Gasteiger partial charge in [-0.25, -0.2) is 8.78 Å². The van der Waals surface area contributed by atoms with Gasteiger partial charge in [-0.2, -0.15) is 13.2 Å². The molecule has 0 bridgehead atoms. The van der Waals surface area contributed by atoms with Crippen LogP contribution in [0.3, 0.4) is 0 Å². The van der Waals surface area contributed by atoms with E-state index in [2.05, 4.69) is 10.2 Å². The van der Waals surface area contributed by atoms with Gasteiger partial charge in [0.15, 0.2) is 0 Å². The summed E-state index contributed by atoms with van der Waals surface area (Å²) in [7, 11) is 0. The van der Waals surface area contributed by atoms with E-state index in [9.17, 15) is 31.5 Å². The van der Waals surface area contributed by atoms with Crippen molar-refractivity contribution in [3.05, 3.63) is 119 Å². The molecule has 1 aliphatic heterocycles. The summed E-state index contributed by atoms with van der Waals surface area (Å²) in [6.07, 6.45) is -3.44. The van der Waals surface area contributed by atoms with Gasteiger partial charge >= 0.3 is 6.18 Å². The zero-order valence-corrected chi connectivity index (χ0v) is 25.2. The number of ether oxygens (including phenoxy) is 1. The Morgan fingerprint density at radius 3 is 2.09 bits per heavy atom. The van der Waals surface area contributed by atoms with Gasteiger partial charge in [0.25, 0.3) is 5.91 Å². The summed E-state index contributed by atoms with van der Waals surface area (Å²) < 4.78 is 73.9. The van der Waals surface area contributed by atoms with Crippen LogP contribution in [0.5, 0.6) is 11.5 Å². The van der Waals surface area contributed by atoms with Crippen LogP contribution in [0.15, 0.2) is 91.0 Å². The average molecular weight is 650 g/mol. The van der Waals surface area contributed by atoms with Crippen LogP contribution in [0.1, 0.15) is 40.7 Å². The lowest BCUT2D eigenvalue weighted by molar-refractivity contribution is -0.141. The van der Waals surface area contributed by atoms with E-state index in [4.69, 9.17) is 4.74 Å². The summed E-state index contributed by atoms with van der Waals surface area (Å²) >= 11 is 0. The molecule has 2 amide bonds. The van der Waals surface area contributed by atoms with Crippen molar-refractivity contribution in [3.63, 3.8) is 0 Å². The molecule has 4 aromatic rings. The van der Waals surface area contributed by atoms with Crippen molar-refractivity contribution < 1.29 is 36.3 Å². The molecular formula is C36H32F5N3O3. The van der Waals surface area contributed by atoms with Gasteiger partial charge in [0, 0.05) is 13.1 Å². The Morgan fingerprint density at radius 2 is 1.45 bits per heavy atom. The number of carbonyl (C=O) groups is 2. The molecule has 47 heavy (non-hydrogen) atoms. The highest BCUT2D eigenvalue weighted by Crippen LogP contribution is 2.52. The molecule has 0 saturated carbocycles. The fraction of sp³-hybridized carbons (Fsp3) is 0.278. The fourth-order valence-electron chi connectivity index (χ4n) is 6.52. The van der Waals surface area contributed by atoms with E-state index in [-0.39, 0.29) is 18.4 Å². The summed E-state index contributed by atoms with van der Waals surface area (Å²) in [5, 5.41) is 5.07. The summed E-state index contributed by atoms with van der Waals surface area (Å²) in [4.78, 5) is 28.8. The van der Waals surface area contributed by atoms with Crippen molar-refractivity contribution in [1.29, 1.82) is 0 Å². The highest BCUT2D eigenvalue weighted by Gasteiger charge is 2.49. The highest BCUT2D eigenvalue weighted by molar-refractivity contribution is 6.00. The van der Waals surface area contributed by atoms with E-state index in [0.29, 0.717) is 71.8 Å². The molecule has 0 atom stereocenters. The molecule has 1 fully saturated rings. The van der Waals surface area contributed by atoms with Crippen molar-refractivity contribution in [2.75, 3.05) is 26.2 Å². The Kier molecular flexibility index (Phi) is 9.01. The second kappa shape index (κ2) is 13.2. The van der Waals surface area contributed by atoms with Crippen molar-refractivity contribution in [2.24, 2.45) is 0 Å². The number of nitrogens with one attached hydrogen (secondary N) is 2. The van der Waals surface area contributed by atoms with Gasteiger partial charge in [-0.3, -0.25) is 14.5 Å². The summed E-state index contributed by atoms with van der Waals surface area (Å²) in [6.45, 7) is 0.320. The van der Waals surface area contributed by atoms with E-state index in [1.165, 1.54) is 24.3 Å². The molecule has 2 N–H and O–H groups in total. The predicted octanol–water partition coefficient (Wildman–Crippen LogP) is 6.99. The van der Waals surface area contributed by atoms with Crippen molar-refractivity contribution in [1.82, 2.24) is 15.5 Å². The zero-order chi connectivity index (χ0) is 33.2. The molecule has 6 nitrogen and oxygen atoms in total. The van der Waals surface area contributed by atoms with Crippen LogP contribution in [-0.4, -0.2) is 55.1 Å². The van der Waals surface area contributed by atoms with Crippen LogP contribution >= 0.6 is 0 Å². The predicted molar refractivity (Wildman–Crippen MR) is 166 cm³/mol. The van der Waals surface area contributed by atoms with Crippen LogP contribution in [0, 0.1) is 11.6 Å². The number of fused-ring (bicyclic) bond motifs is 3. The molecular weight excluding hydrogens is 617 g/mol. The minimum atomic E-state index is -4.63. The van der Waals surface area contributed by atoms with Crippen LogP contribution in [0.2, 0.25) is 0 Å². The van der Waals surface area contributed by atoms with Gasteiger partial charge in [0.2, 0.25) is 5.91 Å². The van der Waals surface area contributed by atoms with Crippen molar-refractivity contribution >= 4 is 11.8 Å². The zero-order valence-electron chi connectivity index (χ0n) is 25.2. The van der Waals surface area contributed by atoms with Gasteiger partial charge in [-0.05, 0) is 90.2 Å². The molecule has 0 spiro atoms. The van der Waals surface area contributed by atoms with Crippen LogP contribution in [0.4, 0.5) is 22.0 Å². The first kappa shape index (κ1) is 32.2. The quantitative estimate of drug-likeness (QED) is 0.136. The van der Waals surface area contributed by atoms with Gasteiger partial charge in [-0.1, -0.05) is 48.9 Å². The first-order chi connectivity index (χ1) is 22.5. The Morgan fingerprint density at radius 1 is 0.830 bits per heavy atom. The number of hydrogen-bond donors (Lipinski definition) is 2. The normalized spacial score (nSPS) is 15.3. The molecule has 1 saturated heterocycles. The Hall–Kier alpha value is -4.77. The third kappa shape index (κ3) is 6.85. The lowest BCUT2D eigenvalue weighted by Gasteiger charge is -2.40. The smallest absolute Gasteiger partial charge is 0.405 e.